The van der Waals surface area contributed by atoms with Gasteiger partial charge in [0, 0.05) is 24.2 Å². The lowest BCUT2D eigenvalue weighted by Crippen LogP contribution is -2.45. The van der Waals surface area contributed by atoms with E-state index in [1.54, 1.807) is 19.2 Å². The molecule has 0 saturated carbocycles. The molecule has 1 fully saturated rings. The monoisotopic (exact) mass is 348 g/mol. The lowest BCUT2D eigenvalue weighted by atomic mass is 9.95. The topological polar surface area (TPSA) is 71.1 Å². The van der Waals surface area contributed by atoms with Crippen molar-refractivity contribution in [3.05, 3.63) is 29.0 Å². The second-order valence-electron chi connectivity index (χ2n) is 6.36. The molecule has 0 bridgehead atoms. The summed E-state index contributed by atoms with van der Waals surface area (Å²) in [4.78, 5) is 18.8. The van der Waals surface area contributed by atoms with Gasteiger partial charge < -0.3 is 9.64 Å². The minimum Gasteiger partial charge on any atom is -0.481 e. The summed E-state index contributed by atoms with van der Waals surface area (Å²) in [5, 5.41) is 7.54. The Balaban J connectivity index is 1.86. The van der Waals surface area contributed by atoms with E-state index >= 15 is 0 Å². The minimum absolute atomic E-state index is 0.0232. The quantitative estimate of drug-likeness (QED) is 0.922. The van der Waals surface area contributed by atoms with E-state index in [1.165, 1.54) is 6.20 Å². The van der Waals surface area contributed by atoms with Gasteiger partial charge in [-0.1, -0.05) is 18.5 Å². The molecule has 0 spiro atoms. The van der Waals surface area contributed by atoms with Gasteiger partial charge in [0.15, 0.2) is 0 Å². The minimum atomic E-state index is -0.0232. The average Bonchev–Trinajstić information content (AvgIpc) is 3.06. The molecule has 2 aromatic rings. The molecule has 0 aromatic carbocycles. The molecule has 1 saturated heterocycles. The van der Waals surface area contributed by atoms with Gasteiger partial charge in [0.2, 0.25) is 5.88 Å². The fraction of sp³-hybridized carbons (Fsp3) is 0.471. The number of hydrogen-bond donors (Lipinski definition) is 1. The molecule has 0 aliphatic carbocycles. The summed E-state index contributed by atoms with van der Waals surface area (Å²) >= 11 is 6.20. The zero-order valence-electron chi connectivity index (χ0n) is 14.0. The second kappa shape index (κ2) is 6.81. The molecule has 2 aromatic heterocycles. The first-order valence-corrected chi connectivity index (χ1v) is 8.43. The Labute approximate surface area is 146 Å². The first-order valence-electron chi connectivity index (χ1n) is 8.06. The smallest absolute Gasteiger partial charge is 0.272 e. The summed E-state index contributed by atoms with van der Waals surface area (Å²) in [5.41, 5.74) is 1.75. The number of nitrogens with zero attached hydrogens (tertiary/aromatic N) is 3. The predicted molar refractivity (Wildman–Crippen MR) is 92.3 cm³/mol. The predicted octanol–water partition coefficient (Wildman–Crippen LogP) is 3.39. The number of pyridine rings is 1. The third-order valence-corrected chi connectivity index (χ3v) is 4.80. The normalized spacial score (nSPS) is 20.9. The zero-order chi connectivity index (χ0) is 17.3. The highest BCUT2D eigenvalue weighted by molar-refractivity contribution is 6.33. The summed E-state index contributed by atoms with van der Waals surface area (Å²) in [7, 11) is 1.54. The molecule has 3 heterocycles. The van der Waals surface area contributed by atoms with Crippen molar-refractivity contribution in [3.8, 4) is 17.1 Å². The van der Waals surface area contributed by atoms with Crippen LogP contribution in [0.25, 0.3) is 11.3 Å². The van der Waals surface area contributed by atoms with E-state index in [2.05, 4.69) is 29.0 Å². The molecule has 7 heteroatoms. The van der Waals surface area contributed by atoms with E-state index < -0.39 is 0 Å². The maximum Gasteiger partial charge on any atom is 0.272 e. The van der Waals surface area contributed by atoms with Crippen LogP contribution in [0.4, 0.5) is 0 Å². The van der Waals surface area contributed by atoms with Crippen LogP contribution < -0.4 is 4.74 Å². The number of ether oxygens (including phenoxy) is 1. The molecule has 0 radical (unpaired) electrons. The highest BCUT2D eigenvalue weighted by atomic mass is 35.5. The summed E-state index contributed by atoms with van der Waals surface area (Å²) in [5.74, 6) is 0.945. The SMILES string of the molecule is COc1cc(-c2cc(C(=O)N3CC(C)CCC3C)[nH]n2)c(Cl)cn1. The fourth-order valence-electron chi connectivity index (χ4n) is 3.02. The molecule has 1 aliphatic heterocycles. The van der Waals surface area contributed by atoms with E-state index in [9.17, 15) is 4.79 Å². The number of aromatic amines is 1. The first-order chi connectivity index (χ1) is 11.5. The van der Waals surface area contributed by atoms with Crippen LogP contribution in [0, 0.1) is 5.92 Å². The number of methoxy groups -OCH3 is 1. The van der Waals surface area contributed by atoms with Crippen molar-refractivity contribution < 1.29 is 9.53 Å². The number of hydrogen-bond acceptors (Lipinski definition) is 4. The Morgan fingerprint density at radius 3 is 2.92 bits per heavy atom. The van der Waals surface area contributed by atoms with Crippen LogP contribution >= 0.6 is 11.6 Å². The van der Waals surface area contributed by atoms with Gasteiger partial charge in [-0.25, -0.2) is 4.98 Å². The van der Waals surface area contributed by atoms with Gasteiger partial charge in [-0.15, -0.1) is 0 Å². The zero-order valence-corrected chi connectivity index (χ0v) is 14.8. The fourth-order valence-corrected chi connectivity index (χ4v) is 3.22. The average molecular weight is 349 g/mol. The highest BCUT2D eigenvalue weighted by Gasteiger charge is 2.28. The van der Waals surface area contributed by atoms with Gasteiger partial charge >= 0.3 is 0 Å². The summed E-state index contributed by atoms with van der Waals surface area (Å²) < 4.78 is 5.12. The second-order valence-corrected chi connectivity index (χ2v) is 6.77. The number of H-pyrrole nitrogens is 1. The number of nitrogens with one attached hydrogen (secondary N) is 1. The van der Waals surface area contributed by atoms with Crippen LogP contribution in [0.3, 0.4) is 0 Å². The van der Waals surface area contributed by atoms with Crippen molar-refractivity contribution in [1.29, 1.82) is 0 Å². The first kappa shape index (κ1) is 16.8. The number of amides is 1. The molecule has 1 amide bonds. The van der Waals surface area contributed by atoms with Crippen LogP contribution in [0.1, 0.15) is 37.2 Å². The van der Waals surface area contributed by atoms with E-state index in [0.717, 1.165) is 19.4 Å². The maximum atomic E-state index is 12.8. The van der Waals surface area contributed by atoms with Crippen LogP contribution in [0.15, 0.2) is 18.3 Å². The lowest BCUT2D eigenvalue weighted by molar-refractivity contribution is 0.0568. The van der Waals surface area contributed by atoms with Gasteiger partial charge in [-0.05, 0) is 31.7 Å². The molecule has 2 unspecified atom stereocenters. The Bertz CT molecular complexity index is 746. The number of likely N-dealkylation sites (tertiary alicyclic amines) is 1. The third-order valence-electron chi connectivity index (χ3n) is 4.50. The van der Waals surface area contributed by atoms with Crippen molar-refractivity contribution in [2.24, 2.45) is 5.92 Å². The van der Waals surface area contributed by atoms with Crippen LogP contribution in [0.2, 0.25) is 5.02 Å². The molecule has 128 valence electrons. The summed E-state index contributed by atoms with van der Waals surface area (Å²) in [6, 6.07) is 3.68. The van der Waals surface area contributed by atoms with E-state index in [4.69, 9.17) is 16.3 Å². The van der Waals surface area contributed by atoms with Gasteiger partial charge in [-0.2, -0.15) is 5.10 Å². The van der Waals surface area contributed by atoms with Crippen molar-refractivity contribution in [2.45, 2.75) is 32.7 Å². The number of rotatable bonds is 3. The molecule has 2 atom stereocenters. The number of aromatic nitrogens is 3. The summed E-state index contributed by atoms with van der Waals surface area (Å²) in [6.07, 6.45) is 3.70. The van der Waals surface area contributed by atoms with E-state index in [-0.39, 0.29) is 11.9 Å². The van der Waals surface area contributed by atoms with E-state index in [0.29, 0.717) is 33.8 Å². The number of carbonyl (C=O) groups excluding carboxylic acids is 1. The van der Waals surface area contributed by atoms with Crippen LogP contribution in [-0.4, -0.2) is 45.7 Å². The largest absolute Gasteiger partial charge is 0.481 e. The van der Waals surface area contributed by atoms with Crippen molar-refractivity contribution in [1.82, 2.24) is 20.1 Å². The Morgan fingerprint density at radius 1 is 1.38 bits per heavy atom. The van der Waals surface area contributed by atoms with Gasteiger partial charge in [0.05, 0.1) is 24.0 Å². The van der Waals surface area contributed by atoms with Crippen molar-refractivity contribution >= 4 is 17.5 Å². The van der Waals surface area contributed by atoms with Gasteiger partial charge in [-0.3, -0.25) is 9.89 Å². The molecule has 1 aliphatic rings. The number of halogens is 1. The lowest BCUT2D eigenvalue weighted by Gasteiger charge is -2.36. The molecule has 6 nitrogen and oxygen atoms in total. The molecule has 3 rings (SSSR count). The Morgan fingerprint density at radius 2 is 2.17 bits per heavy atom. The summed E-state index contributed by atoms with van der Waals surface area (Å²) in [6.45, 7) is 5.04. The van der Waals surface area contributed by atoms with Crippen LogP contribution in [0.5, 0.6) is 5.88 Å². The number of piperidine rings is 1. The van der Waals surface area contributed by atoms with Crippen molar-refractivity contribution in [2.75, 3.05) is 13.7 Å². The Hall–Kier alpha value is -2.08. The van der Waals surface area contributed by atoms with E-state index in [1.807, 2.05) is 4.90 Å². The van der Waals surface area contributed by atoms with Crippen molar-refractivity contribution in [3.63, 3.8) is 0 Å². The highest BCUT2D eigenvalue weighted by Crippen LogP contribution is 2.30. The van der Waals surface area contributed by atoms with Crippen LogP contribution in [-0.2, 0) is 0 Å². The maximum absolute atomic E-state index is 12.8. The Kier molecular flexibility index (Phi) is 4.76. The standard InChI is InChI=1S/C17H21ClN4O2/c1-10-4-5-11(2)22(9-10)17(23)15-7-14(20-21-15)12-6-16(24-3)19-8-13(12)18/h6-8,10-11H,4-5,9H2,1-3H3,(H,20,21). The molecular formula is C17H21ClN4O2. The molecular weight excluding hydrogens is 328 g/mol. The van der Waals surface area contributed by atoms with Gasteiger partial charge in [0.25, 0.3) is 5.91 Å². The third kappa shape index (κ3) is 3.24. The molecule has 1 N–H and O–H groups in total. The molecule has 24 heavy (non-hydrogen) atoms. The van der Waals surface area contributed by atoms with Gasteiger partial charge in [0.1, 0.15) is 5.69 Å². The number of carbonyl (C=O) groups is 1.